The second kappa shape index (κ2) is 6.26. The third-order valence-corrected chi connectivity index (χ3v) is 12.8. The summed E-state index contributed by atoms with van der Waals surface area (Å²) < 4.78 is 61.7. The number of hydrogen-bond acceptors (Lipinski definition) is 8. The van der Waals surface area contributed by atoms with Crippen LogP contribution in [0.1, 0.15) is 16.5 Å². The second-order valence-corrected chi connectivity index (χ2v) is 12.7. The molecule has 1 atom stereocenters. The van der Waals surface area contributed by atoms with Crippen molar-refractivity contribution in [2.75, 3.05) is 17.1 Å². The van der Waals surface area contributed by atoms with Crippen molar-refractivity contribution in [1.82, 2.24) is 0 Å². The lowest BCUT2D eigenvalue weighted by atomic mass is 10.6. The highest BCUT2D eigenvalue weighted by atomic mass is 32.3. The van der Waals surface area contributed by atoms with E-state index in [1.165, 1.54) is 47.0 Å². The minimum Gasteiger partial charge on any atom is -0.116 e. The van der Waals surface area contributed by atoms with Crippen molar-refractivity contribution in [3.8, 4) is 0 Å². The largest absolute Gasteiger partial charge is 0.116 e. The van der Waals surface area contributed by atoms with E-state index < -0.39 is 22.3 Å². The molecule has 0 radical (unpaired) electrons. The van der Waals surface area contributed by atoms with Crippen molar-refractivity contribution < 1.29 is 9.60 Å². The van der Waals surface area contributed by atoms with E-state index in [2.05, 4.69) is 0 Å². The molecule has 0 bridgehead atoms. The van der Waals surface area contributed by atoms with Gasteiger partial charge in [-0.05, 0) is 0 Å². The molecule has 0 saturated carbocycles. The van der Waals surface area contributed by atoms with Crippen LogP contribution in [0.25, 0.3) is 0 Å². The average molecular weight is 406 g/mol. The van der Waals surface area contributed by atoms with Crippen molar-refractivity contribution >= 4 is 94.1 Å². The normalized spacial score (nSPS) is 48.4. The Balaban J connectivity index is 1.55. The SMILES string of the molecule is [2H]C1([2H])SC2=C(SC(=C3SC4=C(S3)SC([2H])(C)C([2H])([2H])S4)S2)SC1([2H])[2H]. The van der Waals surface area contributed by atoms with E-state index in [-0.39, 0.29) is 0 Å². The molecule has 0 N–H and O–H groups in total. The first-order valence-electron chi connectivity index (χ1n) is 8.52. The molecular formula is C11H10S8. The van der Waals surface area contributed by atoms with Gasteiger partial charge in [0.05, 0.1) is 25.4 Å². The van der Waals surface area contributed by atoms with E-state index in [1.54, 1.807) is 18.7 Å². The minimum atomic E-state index is -1.98. The molecule has 4 rings (SSSR count). The van der Waals surface area contributed by atoms with E-state index in [0.717, 1.165) is 60.7 Å². The Labute approximate surface area is 157 Å². The van der Waals surface area contributed by atoms with Crippen LogP contribution < -0.4 is 0 Å². The summed E-state index contributed by atoms with van der Waals surface area (Å²) in [4.78, 5) is 0. The summed E-state index contributed by atoms with van der Waals surface area (Å²) in [6.45, 7) is 1.60. The highest BCUT2D eigenvalue weighted by molar-refractivity contribution is 8.45. The predicted octanol–water partition coefficient (Wildman–Crippen LogP) is 6.67. The fourth-order valence-electron chi connectivity index (χ4n) is 1.37. The Morgan fingerprint density at radius 1 is 0.842 bits per heavy atom. The van der Waals surface area contributed by atoms with Gasteiger partial charge in [0.2, 0.25) is 0 Å². The number of rotatable bonds is 0. The third kappa shape index (κ3) is 3.07. The van der Waals surface area contributed by atoms with Crippen LogP contribution in [0, 0.1) is 0 Å². The molecule has 4 aliphatic rings. The second-order valence-electron chi connectivity index (χ2n) is 3.40. The van der Waals surface area contributed by atoms with Gasteiger partial charge in [-0.3, -0.25) is 0 Å². The van der Waals surface area contributed by atoms with Gasteiger partial charge < -0.3 is 0 Å². The number of hydrogen-bond donors (Lipinski definition) is 0. The maximum atomic E-state index is 8.26. The standard InChI is InChI=1S/C11H10S8/c1-5-4-14-8-9(15-5)19-11(18-8)10-16-6-7(17-10)13-3-2-12-6/h5H,2-4H2,1H3/i2D2,3D2,4D2,5D. The fourth-order valence-corrected chi connectivity index (χ4v) is 11.8. The molecule has 19 heavy (non-hydrogen) atoms. The molecule has 1 unspecified atom stereocenters. The van der Waals surface area contributed by atoms with E-state index in [1.807, 2.05) is 0 Å². The molecule has 0 amide bonds. The Hall–Kier alpha value is 2.02. The summed E-state index contributed by atoms with van der Waals surface area (Å²) in [5.41, 5.74) is -5.63. The maximum absolute atomic E-state index is 8.26. The summed E-state index contributed by atoms with van der Waals surface area (Å²) in [6.07, 6.45) is 0. The van der Waals surface area contributed by atoms with Gasteiger partial charge in [0, 0.05) is 31.9 Å². The molecule has 102 valence electrons. The highest BCUT2D eigenvalue weighted by Gasteiger charge is 2.33. The molecule has 8 heteroatoms. The van der Waals surface area contributed by atoms with Crippen LogP contribution >= 0.6 is 94.1 Å². The fraction of sp³-hybridized carbons (Fsp3) is 0.455. The van der Waals surface area contributed by atoms with Crippen molar-refractivity contribution in [2.24, 2.45) is 0 Å². The zero-order chi connectivity index (χ0) is 19.1. The summed E-state index contributed by atoms with van der Waals surface area (Å²) >= 11 is 10.2. The Kier molecular flexibility index (Phi) is 2.88. The molecule has 4 aliphatic heterocycles. The monoisotopic (exact) mass is 405 g/mol. The summed E-state index contributed by atoms with van der Waals surface area (Å²) in [5.74, 6) is 0. The Bertz CT molecular complexity index is 659. The molecular weight excluding hydrogens is 389 g/mol. The van der Waals surface area contributed by atoms with Crippen LogP contribution in [-0.4, -0.2) is 22.3 Å². The van der Waals surface area contributed by atoms with Gasteiger partial charge in [0.1, 0.15) is 0 Å². The van der Waals surface area contributed by atoms with Gasteiger partial charge in [-0.1, -0.05) is 54.0 Å². The van der Waals surface area contributed by atoms with E-state index in [0.29, 0.717) is 0 Å². The van der Waals surface area contributed by atoms with Crippen LogP contribution in [-0.2, 0) is 0 Å². The van der Waals surface area contributed by atoms with Gasteiger partial charge in [-0.2, -0.15) is 0 Å². The molecule has 0 saturated heterocycles. The van der Waals surface area contributed by atoms with Crippen LogP contribution in [0.3, 0.4) is 0 Å². The molecule has 0 aliphatic carbocycles. The van der Waals surface area contributed by atoms with Crippen LogP contribution in [0.5, 0.6) is 0 Å². The Morgan fingerprint density at radius 2 is 1.37 bits per heavy atom. The summed E-state index contributed by atoms with van der Waals surface area (Å²) in [6, 6.07) is 0. The molecule has 0 aromatic rings. The van der Waals surface area contributed by atoms with E-state index >= 15 is 0 Å². The smallest absolute Gasteiger partial charge is 0.0717 e. The Morgan fingerprint density at radius 3 is 2.00 bits per heavy atom. The lowest BCUT2D eigenvalue weighted by Crippen LogP contribution is -2.02. The first kappa shape index (κ1) is 8.76. The lowest BCUT2D eigenvalue weighted by molar-refractivity contribution is 1.14. The van der Waals surface area contributed by atoms with Gasteiger partial charge >= 0.3 is 0 Å². The van der Waals surface area contributed by atoms with Gasteiger partial charge in [0.15, 0.2) is 0 Å². The lowest BCUT2D eigenvalue weighted by Gasteiger charge is -2.16. The average Bonchev–Trinajstić information content (AvgIpc) is 3.01. The van der Waals surface area contributed by atoms with Gasteiger partial charge in [-0.25, -0.2) is 0 Å². The minimum absolute atomic E-state index is 0.801. The van der Waals surface area contributed by atoms with Crippen LogP contribution in [0.15, 0.2) is 25.4 Å². The molecule has 0 aromatic heterocycles. The third-order valence-electron chi connectivity index (χ3n) is 2.10. The van der Waals surface area contributed by atoms with E-state index in [9.17, 15) is 0 Å². The molecule has 4 heterocycles. The highest BCUT2D eigenvalue weighted by Crippen LogP contribution is 2.68. The van der Waals surface area contributed by atoms with Crippen molar-refractivity contribution in [2.45, 2.75) is 12.1 Å². The zero-order valence-corrected chi connectivity index (χ0v) is 15.8. The molecule has 0 spiro atoms. The molecule has 0 nitrogen and oxygen atoms in total. The van der Waals surface area contributed by atoms with Crippen LogP contribution in [0.4, 0.5) is 0 Å². The first-order valence-corrected chi connectivity index (χ1v) is 11.5. The molecule has 0 fully saturated rings. The predicted molar refractivity (Wildman–Crippen MR) is 106 cm³/mol. The van der Waals surface area contributed by atoms with Crippen molar-refractivity contribution in [3.05, 3.63) is 25.4 Å². The number of thioether (sulfide) groups is 8. The van der Waals surface area contributed by atoms with Crippen molar-refractivity contribution in [1.29, 1.82) is 0 Å². The summed E-state index contributed by atoms with van der Waals surface area (Å²) in [5, 5.41) is -1.25. The maximum Gasteiger partial charge on any atom is 0.0717 e. The quantitative estimate of drug-likeness (QED) is 0.432. The van der Waals surface area contributed by atoms with Gasteiger partial charge in [-0.15, -0.1) is 47.0 Å². The molecule has 0 aromatic carbocycles. The summed E-state index contributed by atoms with van der Waals surface area (Å²) in [7, 11) is 0. The van der Waals surface area contributed by atoms with Gasteiger partial charge in [0.25, 0.3) is 0 Å². The first-order chi connectivity index (χ1) is 11.8. The van der Waals surface area contributed by atoms with E-state index in [4.69, 9.17) is 9.60 Å². The van der Waals surface area contributed by atoms with Crippen LogP contribution in [0.2, 0.25) is 0 Å². The topological polar surface area (TPSA) is 0 Å². The van der Waals surface area contributed by atoms with Crippen molar-refractivity contribution in [3.63, 3.8) is 0 Å². The zero-order valence-electron chi connectivity index (χ0n) is 16.3.